The van der Waals surface area contributed by atoms with Crippen LogP contribution in [-0.4, -0.2) is 50.9 Å². The fraction of sp³-hybridized carbons (Fsp3) is 0.533. The molecule has 0 saturated heterocycles. The highest BCUT2D eigenvalue weighted by atomic mass is 32.2. The minimum atomic E-state index is -3.08. The number of aryl methyl sites for hydroxylation is 1. The van der Waals surface area contributed by atoms with Gasteiger partial charge in [-0.25, -0.2) is 8.42 Å². The van der Waals surface area contributed by atoms with Crippen molar-refractivity contribution in [3.63, 3.8) is 0 Å². The van der Waals surface area contributed by atoms with E-state index in [1.54, 1.807) is 11.9 Å². The minimum Gasteiger partial charge on any atom is -0.344 e. The molecular weight excluding hydrogens is 288 g/mol. The molecule has 1 atom stereocenters. The molecule has 0 bridgehead atoms. The number of hydrogen-bond acceptors (Lipinski definition) is 4. The summed E-state index contributed by atoms with van der Waals surface area (Å²) < 4.78 is 22.2. The van der Waals surface area contributed by atoms with Gasteiger partial charge >= 0.3 is 0 Å². The van der Waals surface area contributed by atoms with Gasteiger partial charge in [-0.3, -0.25) is 4.79 Å². The molecule has 1 aromatic rings. The molecule has 0 saturated carbocycles. The zero-order valence-electron chi connectivity index (χ0n) is 12.7. The molecule has 0 aliphatic heterocycles. The summed E-state index contributed by atoms with van der Waals surface area (Å²) in [5.74, 6) is -0.260. The topological polar surface area (TPSA) is 80.5 Å². The summed E-state index contributed by atoms with van der Waals surface area (Å²) in [6, 6.07) is 9.32. The molecule has 0 fully saturated rings. The molecule has 0 heterocycles. The molecule has 0 radical (unpaired) electrons. The smallest absolute Gasteiger partial charge is 0.239 e. The Balaban J connectivity index is 2.33. The maximum Gasteiger partial charge on any atom is 0.239 e. The number of rotatable bonds is 8. The quantitative estimate of drug-likeness (QED) is 0.771. The molecule has 1 aromatic carbocycles. The summed E-state index contributed by atoms with van der Waals surface area (Å²) in [5, 5.41) is 0. The van der Waals surface area contributed by atoms with E-state index < -0.39 is 15.9 Å². The van der Waals surface area contributed by atoms with Crippen LogP contribution >= 0.6 is 0 Å². The molecule has 2 N–H and O–H groups in total. The molecule has 118 valence electrons. The Morgan fingerprint density at radius 1 is 1.29 bits per heavy atom. The van der Waals surface area contributed by atoms with Gasteiger partial charge in [-0.05, 0) is 24.8 Å². The second-order valence-corrected chi connectivity index (χ2v) is 7.63. The van der Waals surface area contributed by atoms with Crippen LogP contribution in [0.4, 0.5) is 0 Å². The number of nitrogens with two attached hydrogens (primary N) is 1. The summed E-state index contributed by atoms with van der Waals surface area (Å²) in [6.45, 7) is 0.611. The first-order chi connectivity index (χ1) is 9.79. The zero-order valence-corrected chi connectivity index (χ0v) is 13.5. The number of likely N-dealkylation sites (N-methyl/N-ethyl adjacent to an activating group) is 1. The van der Waals surface area contributed by atoms with Crippen molar-refractivity contribution in [3.05, 3.63) is 35.9 Å². The Morgan fingerprint density at radius 2 is 1.90 bits per heavy atom. The number of nitrogens with zero attached hydrogens (tertiary/aromatic N) is 1. The van der Waals surface area contributed by atoms with Gasteiger partial charge in [-0.2, -0.15) is 0 Å². The van der Waals surface area contributed by atoms with E-state index in [4.69, 9.17) is 5.73 Å². The fourth-order valence-electron chi connectivity index (χ4n) is 2.02. The second kappa shape index (κ2) is 8.14. The first-order valence-electron chi connectivity index (χ1n) is 7.02. The highest BCUT2D eigenvalue weighted by molar-refractivity contribution is 7.90. The Hall–Kier alpha value is -1.40. The molecule has 0 spiro atoms. The van der Waals surface area contributed by atoms with E-state index in [-0.39, 0.29) is 18.1 Å². The maximum absolute atomic E-state index is 12.0. The SMILES string of the molecule is CN(CCCc1ccccc1)C(=O)C(N)CCS(C)(=O)=O. The molecule has 0 aliphatic carbocycles. The molecular formula is C15H24N2O3S. The lowest BCUT2D eigenvalue weighted by molar-refractivity contribution is -0.131. The first-order valence-corrected chi connectivity index (χ1v) is 9.08. The van der Waals surface area contributed by atoms with Crippen molar-refractivity contribution in [1.29, 1.82) is 0 Å². The van der Waals surface area contributed by atoms with Crippen LogP contribution in [0.25, 0.3) is 0 Å². The normalized spacial score (nSPS) is 12.9. The van der Waals surface area contributed by atoms with Crippen molar-refractivity contribution >= 4 is 15.7 Å². The third-order valence-corrected chi connectivity index (χ3v) is 4.27. The van der Waals surface area contributed by atoms with E-state index in [9.17, 15) is 13.2 Å². The molecule has 6 heteroatoms. The van der Waals surface area contributed by atoms with Gasteiger partial charge in [0, 0.05) is 19.8 Å². The minimum absolute atomic E-state index is 0.0578. The monoisotopic (exact) mass is 312 g/mol. The summed E-state index contributed by atoms with van der Waals surface area (Å²) in [5.41, 5.74) is 6.99. The number of benzene rings is 1. The van der Waals surface area contributed by atoms with Crippen molar-refractivity contribution < 1.29 is 13.2 Å². The van der Waals surface area contributed by atoms with Gasteiger partial charge < -0.3 is 10.6 Å². The van der Waals surface area contributed by atoms with E-state index in [0.717, 1.165) is 19.1 Å². The van der Waals surface area contributed by atoms with Crippen LogP contribution in [0, 0.1) is 0 Å². The van der Waals surface area contributed by atoms with Gasteiger partial charge in [0.05, 0.1) is 11.8 Å². The van der Waals surface area contributed by atoms with Crippen LogP contribution in [0.2, 0.25) is 0 Å². The molecule has 1 rings (SSSR count). The van der Waals surface area contributed by atoms with E-state index in [2.05, 4.69) is 12.1 Å². The predicted octanol–water partition coefficient (Wildman–Crippen LogP) is 0.840. The highest BCUT2D eigenvalue weighted by Crippen LogP contribution is 2.04. The number of amides is 1. The van der Waals surface area contributed by atoms with Crippen molar-refractivity contribution in [2.24, 2.45) is 5.73 Å². The van der Waals surface area contributed by atoms with Crippen LogP contribution in [0.3, 0.4) is 0 Å². The standard InChI is InChI=1S/C15H24N2O3S/c1-17(11-6-9-13-7-4-3-5-8-13)15(18)14(16)10-12-21(2,19)20/h3-5,7-8,14H,6,9-12,16H2,1-2H3. The van der Waals surface area contributed by atoms with Crippen LogP contribution < -0.4 is 5.73 Å². The molecule has 0 aliphatic rings. The lowest BCUT2D eigenvalue weighted by Crippen LogP contribution is -2.43. The lowest BCUT2D eigenvalue weighted by Gasteiger charge is -2.21. The molecule has 1 unspecified atom stereocenters. The number of hydrogen-bond donors (Lipinski definition) is 1. The Kier molecular flexibility index (Phi) is 6.84. The van der Waals surface area contributed by atoms with Gasteiger partial charge in [0.1, 0.15) is 9.84 Å². The zero-order chi connectivity index (χ0) is 15.9. The first kappa shape index (κ1) is 17.7. The van der Waals surface area contributed by atoms with Gasteiger partial charge in [0.2, 0.25) is 5.91 Å². The van der Waals surface area contributed by atoms with Gasteiger partial charge in [-0.15, -0.1) is 0 Å². The summed E-state index contributed by atoms with van der Waals surface area (Å²) in [7, 11) is -1.38. The Bertz CT molecular complexity index is 543. The summed E-state index contributed by atoms with van der Waals surface area (Å²) >= 11 is 0. The van der Waals surface area contributed by atoms with Gasteiger partial charge in [0.25, 0.3) is 0 Å². The highest BCUT2D eigenvalue weighted by Gasteiger charge is 2.19. The average molecular weight is 312 g/mol. The number of sulfone groups is 1. The third kappa shape index (κ3) is 7.24. The summed E-state index contributed by atoms with van der Waals surface area (Å²) in [4.78, 5) is 13.6. The maximum atomic E-state index is 12.0. The van der Waals surface area contributed by atoms with E-state index >= 15 is 0 Å². The molecule has 5 nitrogen and oxygen atoms in total. The second-order valence-electron chi connectivity index (χ2n) is 5.37. The average Bonchev–Trinajstić information content (AvgIpc) is 2.44. The largest absolute Gasteiger partial charge is 0.344 e. The van der Waals surface area contributed by atoms with E-state index in [1.165, 1.54) is 5.56 Å². The van der Waals surface area contributed by atoms with Gasteiger partial charge in [-0.1, -0.05) is 30.3 Å². The summed E-state index contributed by atoms with van der Waals surface area (Å²) in [6.07, 6.45) is 3.07. The molecule has 1 amide bonds. The van der Waals surface area contributed by atoms with Crippen LogP contribution in [0.1, 0.15) is 18.4 Å². The molecule has 21 heavy (non-hydrogen) atoms. The lowest BCUT2D eigenvalue weighted by atomic mass is 10.1. The predicted molar refractivity (Wildman–Crippen MR) is 84.7 cm³/mol. The van der Waals surface area contributed by atoms with Gasteiger partial charge in [0.15, 0.2) is 0 Å². The van der Waals surface area contributed by atoms with Crippen molar-refractivity contribution in [2.75, 3.05) is 25.6 Å². The Morgan fingerprint density at radius 3 is 2.48 bits per heavy atom. The number of carbonyl (C=O) groups is 1. The van der Waals surface area contributed by atoms with Crippen LogP contribution in [0.15, 0.2) is 30.3 Å². The molecule has 0 aromatic heterocycles. The van der Waals surface area contributed by atoms with Crippen LogP contribution in [0.5, 0.6) is 0 Å². The van der Waals surface area contributed by atoms with Crippen molar-refractivity contribution in [1.82, 2.24) is 4.90 Å². The van der Waals surface area contributed by atoms with Crippen molar-refractivity contribution in [3.8, 4) is 0 Å². The van der Waals surface area contributed by atoms with Crippen molar-refractivity contribution in [2.45, 2.75) is 25.3 Å². The van der Waals surface area contributed by atoms with Crippen LogP contribution in [-0.2, 0) is 21.1 Å². The van der Waals surface area contributed by atoms with E-state index in [1.807, 2.05) is 18.2 Å². The van der Waals surface area contributed by atoms with E-state index in [0.29, 0.717) is 6.54 Å². The third-order valence-electron chi connectivity index (χ3n) is 3.29. The number of carbonyl (C=O) groups excluding carboxylic acids is 1. The Labute approximate surface area is 127 Å². The fourth-order valence-corrected chi connectivity index (χ4v) is 2.70.